The van der Waals surface area contributed by atoms with Gasteiger partial charge in [-0.25, -0.2) is 23.2 Å². The number of nitrogens with zero attached hydrogens (tertiary/aromatic N) is 5. The number of amides is 1. The molecule has 0 aliphatic carbocycles. The summed E-state index contributed by atoms with van der Waals surface area (Å²) in [6, 6.07) is 13.4. The Morgan fingerprint density at radius 2 is 1.66 bits per heavy atom. The summed E-state index contributed by atoms with van der Waals surface area (Å²) in [7, 11) is 0. The number of aromatic nitrogens is 3. The second kappa shape index (κ2) is 9.25. The Balaban J connectivity index is 1.45. The molecule has 1 atom stereocenters. The molecular formula is C23H26FN5O3. The van der Waals surface area contributed by atoms with Gasteiger partial charge in [-0.1, -0.05) is 12.1 Å². The van der Waals surface area contributed by atoms with Crippen LogP contribution in [0.5, 0.6) is 0 Å². The van der Waals surface area contributed by atoms with Gasteiger partial charge in [0.15, 0.2) is 0 Å². The molecule has 1 unspecified atom stereocenters. The first-order valence-electron chi connectivity index (χ1n) is 10.7. The van der Waals surface area contributed by atoms with E-state index in [-0.39, 0.29) is 23.6 Å². The lowest BCUT2D eigenvalue weighted by Gasteiger charge is -2.35. The van der Waals surface area contributed by atoms with Crippen molar-refractivity contribution in [2.45, 2.75) is 19.9 Å². The predicted molar refractivity (Wildman–Crippen MR) is 119 cm³/mol. The van der Waals surface area contributed by atoms with Crippen molar-refractivity contribution in [1.82, 2.24) is 19.2 Å². The van der Waals surface area contributed by atoms with Gasteiger partial charge in [0.2, 0.25) is 0 Å². The molecule has 4 rings (SSSR count). The van der Waals surface area contributed by atoms with Crippen molar-refractivity contribution < 1.29 is 13.9 Å². The Kier molecular flexibility index (Phi) is 6.25. The van der Waals surface area contributed by atoms with E-state index in [0.29, 0.717) is 38.5 Å². The number of benzene rings is 2. The molecular weight excluding hydrogens is 413 g/mol. The van der Waals surface area contributed by atoms with Crippen LogP contribution in [0.15, 0.2) is 59.7 Å². The fourth-order valence-electron chi connectivity index (χ4n) is 3.83. The van der Waals surface area contributed by atoms with E-state index in [4.69, 9.17) is 4.74 Å². The molecule has 3 aromatic rings. The van der Waals surface area contributed by atoms with Gasteiger partial charge in [-0.2, -0.15) is 5.10 Å². The van der Waals surface area contributed by atoms with E-state index in [1.807, 2.05) is 31.2 Å². The first-order valence-corrected chi connectivity index (χ1v) is 10.7. The predicted octanol–water partition coefficient (Wildman–Crippen LogP) is 3.06. The molecule has 1 fully saturated rings. The number of carbonyl (C=O) groups is 1. The molecule has 1 aliphatic heterocycles. The fraction of sp³-hybridized carbons (Fsp3) is 0.348. The molecule has 2 heterocycles. The van der Waals surface area contributed by atoms with E-state index < -0.39 is 0 Å². The summed E-state index contributed by atoms with van der Waals surface area (Å²) in [6.07, 6.45) is 1.23. The maximum absolute atomic E-state index is 13.2. The maximum atomic E-state index is 13.2. The molecule has 1 amide bonds. The van der Waals surface area contributed by atoms with Crippen LogP contribution >= 0.6 is 0 Å². The molecule has 9 heteroatoms. The van der Waals surface area contributed by atoms with Crippen LogP contribution in [0, 0.1) is 5.82 Å². The highest BCUT2D eigenvalue weighted by molar-refractivity contribution is 5.68. The Labute approximate surface area is 185 Å². The van der Waals surface area contributed by atoms with Crippen molar-refractivity contribution >= 4 is 11.8 Å². The molecule has 0 saturated carbocycles. The van der Waals surface area contributed by atoms with Crippen molar-refractivity contribution in [2.24, 2.45) is 0 Å². The van der Waals surface area contributed by atoms with Gasteiger partial charge in [0, 0.05) is 31.9 Å². The SMILES string of the molecule is CCOC(=O)N1CCN(c2ccc(-n3cnn(C(C)c4ccc(F)cc4)c3=O)cc2)CC1. The monoisotopic (exact) mass is 439 g/mol. The zero-order chi connectivity index (χ0) is 22.7. The van der Waals surface area contributed by atoms with Gasteiger partial charge in [-0.3, -0.25) is 0 Å². The Bertz CT molecular complexity index is 1120. The van der Waals surface area contributed by atoms with Crippen LogP contribution in [0.2, 0.25) is 0 Å². The average Bonchev–Trinajstić information content (AvgIpc) is 3.20. The second-order valence-corrected chi connectivity index (χ2v) is 7.65. The minimum atomic E-state index is -0.320. The molecule has 8 nitrogen and oxygen atoms in total. The number of hydrogen-bond donors (Lipinski definition) is 0. The number of halogens is 1. The average molecular weight is 439 g/mol. The summed E-state index contributed by atoms with van der Waals surface area (Å²) in [4.78, 5) is 28.7. The van der Waals surface area contributed by atoms with Gasteiger partial charge in [0.05, 0.1) is 18.3 Å². The molecule has 1 aliphatic rings. The van der Waals surface area contributed by atoms with Crippen LogP contribution in [-0.2, 0) is 4.74 Å². The molecule has 0 radical (unpaired) electrons. The highest BCUT2D eigenvalue weighted by Crippen LogP contribution is 2.20. The fourth-order valence-corrected chi connectivity index (χ4v) is 3.83. The third-order valence-electron chi connectivity index (χ3n) is 5.71. The lowest BCUT2D eigenvalue weighted by atomic mass is 10.1. The van der Waals surface area contributed by atoms with Gasteiger partial charge in [0.1, 0.15) is 12.1 Å². The van der Waals surface area contributed by atoms with Gasteiger partial charge in [-0.05, 0) is 55.8 Å². The quantitative estimate of drug-likeness (QED) is 0.611. The third kappa shape index (κ3) is 4.37. The van der Waals surface area contributed by atoms with E-state index in [9.17, 15) is 14.0 Å². The largest absolute Gasteiger partial charge is 0.450 e. The van der Waals surface area contributed by atoms with E-state index in [1.54, 1.807) is 24.0 Å². The highest BCUT2D eigenvalue weighted by atomic mass is 19.1. The van der Waals surface area contributed by atoms with E-state index in [2.05, 4.69) is 10.00 Å². The molecule has 0 spiro atoms. The summed E-state index contributed by atoms with van der Waals surface area (Å²) in [6.45, 7) is 6.66. The first-order chi connectivity index (χ1) is 15.5. The van der Waals surface area contributed by atoms with E-state index >= 15 is 0 Å². The first kappa shape index (κ1) is 21.6. The Hall–Kier alpha value is -3.62. The summed E-state index contributed by atoms with van der Waals surface area (Å²) in [5.74, 6) is -0.318. The van der Waals surface area contributed by atoms with Crippen molar-refractivity contribution in [3.63, 3.8) is 0 Å². The van der Waals surface area contributed by atoms with Gasteiger partial charge in [-0.15, -0.1) is 0 Å². The standard InChI is InChI=1S/C23H26FN5O3/c1-3-32-23(31)27-14-12-26(13-15-27)20-8-10-21(11-9-20)28-16-25-29(22(28)30)17(2)18-4-6-19(24)7-5-18/h4-11,16-17H,3,12-15H2,1-2H3. The van der Waals surface area contributed by atoms with Crippen molar-refractivity contribution in [3.8, 4) is 5.69 Å². The number of carbonyl (C=O) groups excluding carboxylic acids is 1. The molecule has 32 heavy (non-hydrogen) atoms. The van der Waals surface area contributed by atoms with Gasteiger partial charge in [0.25, 0.3) is 0 Å². The second-order valence-electron chi connectivity index (χ2n) is 7.65. The minimum Gasteiger partial charge on any atom is -0.450 e. The zero-order valence-electron chi connectivity index (χ0n) is 18.1. The minimum absolute atomic E-state index is 0.266. The maximum Gasteiger partial charge on any atom is 0.409 e. The summed E-state index contributed by atoms with van der Waals surface area (Å²) in [5.41, 5.74) is 2.27. The highest BCUT2D eigenvalue weighted by Gasteiger charge is 2.22. The number of ether oxygens (including phenoxy) is 1. The normalized spacial score (nSPS) is 15.0. The molecule has 0 N–H and O–H groups in total. The van der Waals surface area contributed by atoms with Crippen LogP contribution < -0.4 is 10.6 Å². The third-order valence-corrected chi connectivity index (χ3v) is 5.71. The van der Waals surface area contributed by atoms with Crippen molar-refractivity contribution in [1.29, 1.82) is 0 Å². The Morgan fingerprint density at radius 1 is 1.03 bits per heavy atom. The van der Waals surface area contributed by atoms with Crippen molar-refractivity contribution in [3.05, 3.63) is 76.7 Å². The topological polar surface area (TPSA) is 72.6 Å². The zero-order valence-corrected chi connectivity index (χ0v) is 18.1. The number of anilines is 1. The van der Waals surface area contributed by atoms with Crippen LogP contribution in [0.1, 0.15) is 25.5 Å². The van der Waals surface area contributed by atoms with Crippen molar-refractivity contribution in [2.75, 3.05) is 37.7 Å². The van der Waals surface area contributed by atoms with E-state index in [0.717, 1.165) is 11.3 Å². The van der Waals surface area contributed by atoms with Gasteiger partial charge >= 0.3 is 11.8 Å². The molecule has 1 aromatic heterocycles. The van der Waals surface area contributed by atoms with Crippen LogP contribution in [0.4, 0.5) is 14.9 Å². The van der Waals surface area contributed by atoms with Gasteiger partial charge < -0.3 is 14.5 Å². The number of rotatable bonds is 5. The molecule has 1 saturated heterocycles. The van der Waals surface area contributed by atoms with Crippen LogP contribution in [0.3, 0.4) is 0 Å². The summed E-state index contributed by atoms with van der Waals surface area (Å²) >= 11 is 0. The Morgan fingerprint density at radius 3 is 2.28 bits per heavy atom. The smallest absolute Gasteiger partial charge is 0.409 e. The lowest BCUT2D eigenvalue weighted by molar-refractivity contribution is 0.105. The molecule has 0 bridgehead atoms. The summed E-state index contributed by atoms with van der Waals surface area (Å²) in [5, 5.41) is 4.26. The van der Waals surface area contributed by atoms with Crippen LogP contribution in [0.25, 0.3) is 5.69 Å². The lowest BCUT2D eigenvalue weighted by Crippen LogP contribution is -2.49. The van der Waals surface area contributed by atoms with Crippen LogP contribution in [-0.4, -0.2) is 58.1 Å². The summed E-state index contributed by atoms with van der Waals surface area (Å²) < 4.78 is 21.1. The number of hydrogen-bond acceptors (Lipinski definition) is 5. The van der Waals surface area contributed by atoms with E-state index in [1.165, 1.54) is 27.7 Å². The molecule has 2 aromatic carbocycles. The molecule has 168 valence electrons. The number of piperazine rings is 1.